The van der Waals surface area contributed by atoms with E-state index < -0.39 is 5.92 Å². The largest absolute Gasteiger partial charge is 0.372 e. The average Bonchev–Trinajstić information content (AvgIpc) is 3.31. The number of carbonyl (C=O) groups excluding carboxylic acids is 2. The van der Waals surface area contributed by atoms with Crippen LogP contribution in [0.2, 0.25) is 0 Å². The van der Waals surface area contributed by atoms with E-state index in [1.54, 1.807) is 11.8 Å². The molecule has 1 unspecified atom stereocenters. The Balaban J connectivity index is 1.43. The molecule has 2 fully saturated rings. The van der Waals surface area contributed by atoms with Crippen molar-refractivity contribution in [3.05, 3.63) is 46.5 Å². The van der Waals surface area contributed by atoms with Gasteiger partial charge in [-0.25, -0.2) is 4.98 Å². The van der Waals surface area contributed by atoms with Crippen LogP contribution in [0.5, 0.6) is 0 Å². The van der Waals surface area contributed by atoms with Gasteiger partial charge in [0.05, 0.1) is 5.92 Å². The zero-order valence-corrected chi connectivity index (χ0v) is 15.8. The van der Waals surface area contributed by atoms with Gasteiger partial charge in [-0.05, 0) is 44.0 Å². The third-order valence-electron chi connectivity index (χ3n) is 5.24. The van der Waals surface area contributed by atoms with Crippen LogP contribution in [0.3, 0.4) is 0 Å². The minimum Gasteiger partial charge on any atom is -0.372 e. The molecule has 2 saturated heterocycles. The van der Waals surface area contributed by atoms with Crippen molar-refractivity contribution in [3.63, 3.8) is 0 Å². The van der Waals surface area contributed by atoms with E-state index in [1.165, 1.54) is 18.9 Å². The summed E-state index contributed by atoms with van der Waals surface area (Å²) >= 11 is 0. The highest BCUT2D eigenvalue weighted by atomic mass is 16.2. The minimum absolute atomic E-state index is 0.0795. The molecule has 0 bridgehead atoms. The van der Waals surface area contributed by atoms with Crippen molar-refractivity contribution in [3.8, 4) is 0 Å². The number of amides is 2. The molecule has 3 heterocycles. The molecule has 0 radical (unpaired) electrons. The van der Waals surface area contributed by atoms with Crippen molar-refractivity contribution in [1.82, 2.24) is 9.97 Å². The van der Waals surface area contributed by atoms with Crippen LogP contribution in [-0.2, 0) is 9.59 Å². The van der Waals surface area contributed by atoms with E-state index in [1.807, 2.05) is 24.3 Å². The molecule has 2 aliphatic heterocycles. The summed E-state index contributed by atoms with van der Waals surface area (Å²) < 4.78 is 0. The quantitative estimate of drug-likeness (QED) is 0.839. The molecule has 1 atom stereocenters. The highest BCUT2D eigenvalue weighted by molar-refractivity contribution is 6.03. The first-order valence-corrected chi connectivity index (χ1v) is 9.54. The molecule has 146 valence electrons. The van der Waals surface area contributed by atoms with Gasteiger partial charge >= 0.3 is 0 Å². The summed E-state index contributed by atoms with van der Waals surface area (Å²) in [4.78, 5) is 47.1. The number of benzene rings is 1. The Morgan fingerprint density at radius 2 is 1.82 bits per heavy atom. The normalized spacial score (nSPS) is 19.3. The number of hydrogen-bond acceptors (Lipinski definition) is 5. The number of aromatic amines is 1. The lowest BCUT2D eigenvalue weighted by Crippen LogP contribution is -2.28. The molecule has 2 N–H and O–H groups in total. The molecular formula is C20H23N5O3. The Morgan fingerprint density at radius 1 is 1.14 bits per heavy atom. The molecule has 8 nitrogen and oxygen atoms in total. The fourth-order valence-electron chi connectivity index (χ4n) is 3.82. The van der Waals surface area contributed by atoms with Crippen LogP contribution in [0.25, 0.3) is 0 Å². The number of H-pyrrole nitrogens is 1. The predicted molar refractivity (Wildman–Crippen MR) is 107 cm³/mol. The van der Waals surface area contributed by atoms with Crippen molar-refractivity contribution in [1.29, 1.82) is 0 Å². The summed E-state index contributed by atoms with van der Waals surface area (Å²) in [5, 5.41) is 2.65. The molecule has 4 rings (SSSR count). The number of anilines is 3. The first-order valence-electron chi connectivity index (χ1n) is 9.54. The molecule has 8 heteroatoms. The second-order valence-corrected chi connectivity index (χ2v) is 7.32. The fourth-order valence-corrected chi connectivity index (χ4v) is 3.82. The number of rotatable bonds is 4. The number of carbonyl (C=O) groups is 2. The second kappa shape index (κ2) is 7.46. The zero-order chi connectivity index (χ0) is 19.7. The summed E-state index contributed by atoms with van der Waals surface area (Å²) in [6, 6.07) is 9.17. The van der Waals surface area contributed by atoms with E-state index in [4.69, 9.17) is 0 Å². The highest BCUT2D eigenvalue weighted by Gasteiger charge is 2.35. The average molecular weight is 381 g/mol. The molecule has 2 aromatic rings. The van der Waals surface area contributed by atoms with Gasteiger partial charge in [-0.1, -0.05) is 0 Å². The summed E-state index contributed by atoms with van der Waals surface area (Å²) in [5.41, 5.74) is 1.64. The highest BCUT2D eigenvalue weighted by Crippen LogP contribution is 2.28. The summed E-state index contributed by atoms with van der Waals surface area (Å²) in [6.45, 7) is 4.10. The molecule has 0 aliphatic carbocycles. The minimum atomic E-state index is -0.479. The van der Waals surface area contributed by atoms with E-state index >= 15 is 0 Å². The lowest BCUT2D eigenvalue weighted by atomic mass is 10.1. The first-order chi connectivity index (χ1) is 13.5. The van der Waals surface area contributed by atoms with Crippen molar-refractivity contribution in [2.24, 2.45) is 5.92 Å². The standard InChI is InChI=1S/C20H23N5O3/c1-13-21-17(11-18(26)22-13)23-20(28)14-10-19(27)25(12-14)16-6-4-15(5-7-16)24-8-2-3-9-24/h4-7,11,14H,2-3,8-10,12H2,1H3,(H2,21,22,23,26,28). The first kappa shape index (κ1) is 18.2. The molecular weight excluding hydrogens is 358 g/mol. The number of nitrogens with zero attached hydrogens (tertiary/aromatic N) is 3. The van der Waals surface area contributed by atoms with Gasteiger partial charge in [0.15, 0.2) is 0 Å². The molecule has 2 aliphatic rings. The summed E-state index contributed by atoms with van der Waals surface area (Å²) in [7, 11) is 0. The fraction of sp³-hybridized carbons (Fsp3) is 0.400. The van der Waals surface area contributed by atoms with Crippen LogP contribution in [-0.4, -0.2) is 41.4 Å². The van der Waals surface area contributed by atoms with Crippen LogP contribution < -0.4 is 20.7 Å². The van der Waals surface area contributed by atoms with Gasteiger partial charge in [0, 0.05) is 43.5 Å². The molecule has 1 aromatic heterocycles. The van der Waals surface area contributed by atoms with Crippen LogP contribution in [0.4, 0.5) is 17.2 Å². The van der Waals surface area contributed by atoms with E-state index in [-0.39, 0.29) is 29.6 Å². The van der Waals surface area contributed by atoms with Crippen LogP contribution in [0, 0.1) is 12.8 Å². The Morgan fingerprint density at radius 3 is 2.50 bits per heavy atom. The molecule has 0 saturated carbocycles. The van der Waals surface area contributed by atoms with E-state index in [2.05, 4.69) is 20.2 Å². The van der Waals surface area contributed by atoms with E-state index in [0.29, 0.717) is 12.4 Å². The van der Waals surface area contributed by atoms with Crippen molar-refractivity contribution in [2.45, 2.75) is 26.2 Å². The Labute approximate surface area is 162 Å². The monoisotopic (exact) mass is 381 g/mol. The van der Waals surface area contributed by atoms with Gasteiger partial charge in [0.1, 0.15) is 11.6 Å². The molecule has 1 aromatic carbocycles. The lowest BCUT2D eigenvalue weighted by molar-refractivity contribution is -0.122. The van der Waals surface area contributed by atoms with E-state index in [9.17, 15) is 14.4 Å². The molecule has 0 spiro atoms. The summed E-state index contributed by atoms with van der Waals surface area (Å²) in [6.07, 6.45) is 2.57. The number of aromatic nitrogens is 2. The van der Waals surface area contributed by atoms with Crippen molar-refractivity contribution < 1.29 is 9.59 Å². The number of nitrogens with one attached hydrogen (secondary N) is 2. The lowest BCUT2D eigenvalue weighted by Gasteiger charge is -2.20. The van der Waals surface area contributed by atoms with E-state index in [0.717, 1.165) is 24.5 Å². The van der Waals surface area contributed by atoms with Gasteiger partial charge < -0.3 is 20.1 Å². The Hall–Kier alpha value is -3.16. The van der Waals surface area contributed by atoms with Gasteiger partial charge in [-0.3, -0.25) is 14.4 Å². The predicted octanol–water partition coefficient (Wildman–Crippen LogP) is 1.67. The summed E-state index contributed by atoms with van der Waals surface area (Å²) in [5.74, 6) is -0.240. The van der Waals surface area contributed by atoms with Gasteiger partial charge in [-0.15, -0.1) is 0 Å². The van der Waals surface area contributed by atoms with Gasteiger partial charge in [0.25, 0.3) is 5.56 Å². The number of hydrogen-bond donors (Lipinski definition) is 2. The van der Waals surface area contributed by atoms with Crippen molar-refractivity contribution >= 4 is 29.0 Å². The molecule has 2 amide bonds. The Bertz CT molecular complexity index is 947. The third-order valence-corrected chi connectivity index (χ3v) is 5.24. The van der Waals surface area contributed by atoms with Gasteiger partial charge in [0.2, 0.25) is 11.8 Å². The maximum absolute atomic E-state index is 12.5. The van der Waals surface area contributed by atoms with Crippen LogP contribution in [0.15, 0.2) is 35.1 Å². The SMILES string of the molecule is Cc1nc(NC(=O)C2CC(=O)N(c3ccc(N4CCCC4)cc3)C2)cc(=O)[nH]1. The molecule has 28 heavy (non-hydrogen) atoms. The van der Waals surface area contributed by atoms with Crippen LogP contribution in [0.1, 0.15) is 25.1 Å². The third kappa shape index (κ3) is 3.76. The second-order valence-electron chi connectivity index (χ2n) is 7.32. The smallest absolute Gasteiger partial charge is 0.252 e. The zero-order valence-electron chi connectivity index (χ0n) is 15.8. The topological polar surface area (TPSA) is 98.4 Å². The van der Waals surface area contributed by atoms with Gasteiger partial charge in [-0.2, -0.15) is 0 Å². The Kier molecular flexibility index (Phi) is 4.85. The maximum Gasteiger partial charge on any atom is 0.252 e. The van der Waals surface area contributed by atoms with Crippen LogP contribution >= 0.6 is 0 Å². The number of aryl methyl sites for hydroxylation is 1. The maximum atomic E-state index is 12.5. The van der Waals surface area contributed by atoms with Crippen molar-refractivity contribution in [2.75, 3.05) is 34.8 Å².